The molecule has 1 aliphatic heterocycles. The number of rotatable bonds is 1. The van der Waals surface area contributed by atoms with Crippen molar-refractivity contribution < 1.29 is 4.68 Å². The molecule has 0 unspecified atom stereocenters. The van der Waals surface area contributed by atoms with Gasteiger partial charge in [0.2, 0.25) is 5.69 Å². The second-order valence-electron chi connectivity index (χ2n) is 4.19. The summed E-state index contributed by atoms with van der Waals surface area (Å²) in [6.45, 7) is 2.93. The molecule has 4 heteroatoms. The molecule has 1 aromatic carbocycles. The van der Waals surface area contributed by atoms with Crippen LogP contribution in [0.1, 0.15) is 12.5 Å². The fourth-order valence-corrected chi connectivity index (χ4v) is 1.95. The summed E-state index contributed by atoms with van der Waals surface area (Å²) >= 11 is 0. The van der Waals surface area contributed by atoms with Crippen LogP contribution in [0.3, 0.4) is 0 Å². The maximum atomic E-state index is 8.74. The summed E-state index contributed by atoms with van der Waals surface area (Å²) in [6, 6.07) is 9.58. The molecule has 0 aliphatic carbocycles. The third-order valence-corrected chi connectivity index (χ3v) is 2.80. The van der Waals surface area contributed by atoms with Gasteiger partial charge < -0.3 is 0 Å². The van der Waals surface area contributed by atoms with Crippen LogP contribution in [0, 0.1) is 11.3 Å². The summed E-state index contributed by atoms with van der Waals surface area (Å²) in [5.74, 6) is 0. The molecule has 0 saturated heterocycles. The Balaban J connectivity index is 2.00. The lowest BCUT2D eigenvalue weighted by atomic mass is 10.1. The minimum absolute atomic E-state index is 0.670. The minimum atomic E-state index is 0.670. The van der Waals surface area contributed by atoms with Crippen LogP contribution < -0.4 is 4.68 Å². The van der Waals surface area contributed by atoms with E-state index < -0.39 is 0 Å². The SMILES string of the molecule is CC1=C[n+]2cc(-c3ccc(C#N)cc3)nn2C1. The highest BCUT2D eigenvalue weighted by Gasteiger charge is 2.21. The van der Waals surface area contributed by atoms with Crippen LogP contribution in [0.15, 0.2) is 36.0 Å². The first-order chi connectivity index (χ1) is 8.26. The van der Waals surface area contributed by atoms with E-state index in [-0.39, 0.29) is 0 Å². The van der Waals surface area contributed by atoms with Crippen molar-refractivity contribution in [3.05, 3.63) is 41.6 Å². The summed E-state index contributed by atoms with van der Waals surface area (Å²) in [6.07, 6.45) is 4.07. The van der Waals surface area contributed by atoms with E-state index in [1.54, 1.807) is 0 Å². The Bertz CT molecular complexity index is 641. The number of nitrogens with zero attached hydrogens (tertiary/aromatic N) is 4. The van der Waals surface area contributed by atoms with Crippen molar-refractivity contribution in [1.82, 2.24) is 9.90 Å². The summed E-state index contributed by atoms with van der Waals surface area (Å²) in [5, 5.41) is 13.3. The van der Waals surface area contributed by atoms with Gasteiger partial charge >= 0.3 is 0 Å². The van der Waals surface area contributed by atoms with Crippen molar-refractivity contribution in [3.8, 4) is 17.3 Å². The van der Waals surface area contributed by atoms with Crippen molar-refractivity contribution in [2.75, 3.05) is 0 Å². The zero-order valence-corrected chi connectivity index (χ0v) is 9.46. The van der Waals surface area contributed by atoms with Crippen LogP contribution in [0.4, 0.5) is 0 Å². The molecule has 0 amide bonds. The highest BCUT2D eigenvalue weighted by molar-refractivity contribution is 5.58. The lowest BCUT2D eigenvalue weighted by Crippen LogP contribution is -2.32. The van der Waals surface area contributed by atoms with Crippen LogP contribution in [0.5, 0.6) is 0 Å². The molecule has 0 fully saturated rings. The Morgan fingerprint density at radius 2 is 2.12 bits per heavy atom. The molecule has 2 heterocycles. The van der Waals surface area contributed by atoms with E-state index in [1.165, 1.54) is 5.57 Å². The molecule has 4 nitrogen and oxygen atoms in total. The zero-order valence-electron chi connectivity index (χ0n) is 9.46. The van der Waals surface area contributed by atoms with E-state index in [0.717, 1.165) is 17.8 Å². The van der Waals surface area contributed by atoms with E-state index in [2.05, 4.69) is 24.3 Å². The summed E-state index contributed by atoms with van der Waals surface area (Å²) < 4.78 is 1.99. The first kappa shape index (κ1) is 9.79. The quantitative estimate of drug-likeness (QED) is 0.689. The Morgan fingerprint density at radius 1 is 1.35 bits per heavy atom. The molecular formula is C13H11N4+. The van der Waals surface area contributed by atoms with Gasteiger partial charge in [0.15, 0.2) is 6.20 Å². The van der Waals surface area contributed by atoms with Gasteiger partial charge in [-0.1, -0.05) is 0 Å². The molecule has 17 heavy (non-hydrogen) atoms. The molecule has 0 saturated carbocycles. The lowest BCUT2D eigenvalue weighted by molar-refractivity contribution is -0.658. The topological polar surface area (TPSA) is 45.5 Å². The van der Waals surface area contributed by atoms with Gasteiger partial charge in [-0.3, -0.25) is 0 Å². The van der Waals surface area contributed by atoms with Gasteiger partial charge in [-0.15, -0.1) is 4.68 Å². The monoisotopic (exact) mass is 223 g/mol. The zero-order chi connectivity index (χ0) is 11.8. The van der Waals surface area contributed by atoms with Gasteiger partial charge in [0, 0.05) is 10.7 Å². The molecule has 2 aromatic rings. The molecule has 0 bridgehead atoms. The molecule has 1 aliphatic rings. The van der Waals surface area contributed by atoms with Crippen molar-refractivity contribution in [2.45, 2.75) is 13.5 Å². The molecule has 3 rings (SSSR count). The maximum Gasteiger partial charge on any atom is 0.249 e. The van der Waals surface area contributed by atoms with Crippen molar-refractivity contribution in [2.24, 2.45) is 0 Å². The second-order valence-corrected chi connectivity index (χ2v) is 4.19. The first-order valence-corrected chi connectivity index (χ1v) is 5.43. The number of nitriles is 1. The highest BCUT2D eigenvalue weighted by atomic mass is 15.6. The summed E-state index contributed by atoms with van der Waals surface area (Å²) in [4.78, 5) is 1.92. The van der Waals surface area contributed by atoms with Gasteiger partial charge in [-0.05, 0) is 41.6 Å². The van der Waals surface area contributed by atoms with Crippen molar-refractivity contribution >= 4 is 6.20 Å². The van der Waals surface area contributed by atoms with Gasteiger partial charge in [-0.2, -0.15) is 5.26 Å². The molecule has 0 N–H and O–H groups in total. The number of aromatic nitrogens is 3. The van der Waals surface area contributed by atoms with E-state index in [4.69, 9.17) is 5.26 Å². The summed E-state index contributed by atoms with van der Waals surface area (Å²) in [7, 11) is 0. The first-order valence-electron chi connectivity index (χ1n) is 5.43. The number of fused-ring (bicyclic) bond motifs is 1. The largest absolute Gasteiger partial charge is 0.249 e. The predicted octanol–water partition coefficient (Wildman–Crippen LogP) is 1.58. The molecular weight excluding hydrogens is 212 g/mol. The average Bonchev–Trinajstić information content (AvgIpc) is 2.86. The van der Waals surface area contributed by atoms with Crippen LogP contribution in [-0.2, 0) is 6.54 Å². The van der Waals surface area contributed by atoms with E-state index in [1.807, 2.05) is 39.9 Å². The van der Waals surface area contributed by atoms with Crippen molar-refractivity contribution in [3.63, 3.8) is 0 Å². The third kappa shape index (κ3) is 1.62. The Hall–Kier alpha value is -2.41. The number of hydrogen-bond donors (Lipinski definition) is 0. The molecule has 82 valence electrons. The minimum Gasteiger partial charge on any atom is -0.192 e. The standard InChI is InChI=1S/C13H11N4/c1-10-7-16-9-13(15-17(16)8-10)12-4-2-11(6-14)3-5-12/h2-5,7,9H,8H2,1H3/q+1. The van der Waals surface area contributed by atoms with E-state index in [9.17, 15) is 0 Å². The van der Waals surface area contributed by atoms with E-state index in [0.29, 0.717) is 5.56 Å². The number of allylic oxidation sites excluding steroid dienone is 1. The average molecular weight is 223 g/mol. The maximum absolute atomic E-state index is 8.74. The van der Waals surface area contributed by atoms with Crippen LogP contribution in [0.2, 0.25) is 0 Å². The van der Waals surface area contributed by atoms with Crippen molar-refractivity contribution in [1.29, 1.82) is 5.26 Å². The highest BCUT2D eigenvalue weighted by Crippen LogP contribution is 2.17. The van der Waals surface area contributed by atoms with Gasteiger partial charge in [-0.25, -0.2) is 0 Å². The Kier molecular flexibility index (Phi) is 2.05. The smallest absolute Gasteiger partial charge is 0.192 e. The number of hydrogen-bond acceptors (Lipinski definition) is 2. The van der Waals surface area contributed by atoms with Crippen LogP contribution in [0.25, 0.3) is 17.5 Å². The molecule has 1 aromatic heterocycles. The fourth-order valence-electron chi connectivity index (χ4n) is 1.95. The van der Waals surface area contributed by atoms with Gasteiger partial charge in [0.25, 0.3) is 0 Å². The Morgan fingerprint density at radius 3 is 2.76 bits per heavy atom. The van der Waals surface area contributed by atoms with Crippen LogP contribution >= 0.6 is 0 Å². The molecule has 0 atom stereocenters. The summed E-state index contributed by atoms with van der Waals surface area (Å²) in [5.41, 5.74) is 3.93. The van der Waals surface area contributed by atoms with Gasteiger partial charge in [0.1, 0.15) is 12.7 Å². The molecule has 0 spiro atoms. The van der Waals surface area contributed by atoms with Crippen LogP contribution in [-0.4, -0.2) is 9.90 Å². The molecule has 0 radical (unpaired) electrons. The fraction of sp³-hybridized carbons (Fsp3) is 0.154. The second kappa shape index (κ2) is 3.56. The third-order valence-electron chi connectivity index (χ3n) is 2.80. The predicted molar refractivity (Wildman–Crippen MR) is 62.5 cm³/mol. The lowest BCUT2D eigenvalue weighted by Gasteiger charge is -1.91. The van der Waals surface area contributed by atoms with Gasteiger partial charge in [0.05, 0.1) is 11.6 Å². The Labute approximate surface area is 99.0 Å². The number of benzene rings is 1. The normalized spacial score (nSPS) is 13.1. The van der Waals surface area contributed by atoms with E-state index >= 15 is 0 Å².